The number of rotatable bonds is 3. The summed E-state index contributed by atoms with van der Waals surface area (Å²) in [5, 5.41) is 9.48. The smallest absolute Gasteiger partial charge is 0.267 e. The van der Waals surface area contributed by atoms with Crippen LogP contribution in [0.4, 0.5) is 0 Å². The molecule has 1 unspecified atom stereocenters. The lowest BCUT2D eigenvalue weighted by Crippen LogP contribution is -2.47. The average Bonchev–Trinajstić information content (AvgIpc) is 2.92. The van der Waals surface area contributed by atoms with Gasteiger partial charge in [-0.05, 0) is 25.7 Å². The second-order valence-electron chi connectivity index (χ2n) is 5.45. The standard InChI is InChI=1S/C14H22NOS/c1-14(11-15,17-9-5-6-10-17)13(16)12-7-3-2-4-8-12/h12H,2-10H2,1H3/q+1. The molecule has 1 saturated carbocycles. The molecule has 0 aromatic carbocycles. The molecule has 1 aliphatic heterocycles. The number of hydrogen-bond acceptors (Lipinski definition) is 2. The molecule has 0 N–H and O–H groups in total. The summed E-state index contributed by atoms with van der Waals surface area (Å²) in [6, 6.07) is 2.38. The van der Waals surface area contributed by atoms with Crippen molar-refractivity contribution >= 4 is 16.7 Å². The highest BCUT2D eigenvalue weighted by atomic mass is 32.2. The van der Waals surface area contributed by atoms with Gasteiger partial charge in [-0.15, -0.1) is 0 Å². The van der Waals surface area contributed by atoms with Crippen LogP contribution >= 0.6 is 0 Å². The topological polar surface area (TPSA) is 40.9 Å². The van der Waals surface area contributed by atoms with Crippen molar-refractivity contribution in [3.8, 4) is 6.07 Å². The first-order chi connectivity index (χ1) is 8.18. The number of ketones is 1. The van der Waals surface area contributed by atoms with Gasteiger partial charge in [-0.2, -0.15) is 5.26 Å². The minimum absolute atomic E-state index is 0.0269. The van der Waals surface area contributed by atoms with Crippen molar-refractivity contribution in [1.82, 2.24) is 0 Å². The Bertz CT molecular complexity index is 324. The van der Waals surface area contributed by atoms with Crippen molar-refractivity contribution in [3.05, 3.63) is 0 Å². The van der Waals surface area contributed by atoms with Crippen LogP contribution in [0.15, 0.2) is 0 Å². The fourth-order valence-corrected chi connectivity index (χ4v) is 5.79. The summed E-state index contributed by atoms with van der Waals surface area (Å²) in [6.45, 7) is 1.92. The molecule has 1 aliphatic carbocycles. The molecule has 1 heterocycles. The van der Waals surface area contributed by atoms with E-state index in [0.29, 0.717) is 0 Å². The third kappa shape index (κ3) is 2.52. The second-order valence-corrected chi connectivity index (χ2v) is 8.07. The van der Waals surface area contributed by atoms with Crippen molar-refractivity contribution < 1.29 is 4.79 Å². The van der Waals surface area contributed by atoms with Crippen LogP contribution < -0.4 is 0 Å². The Balaban J connectivity index is 2.10. The SMILES string of the molecule is CC(C#N)(C(=O)C1CCCCC1)[S+]1CCCC1. The summed E-state index contributed by atoms with van der Waals surface area (Å²) in [5.74, 6) is 2.65. The fraction of sp³-hybridized carbons (Fsp3) is 0.857. The predicted molar refractivity (Wildman–Crippen MR) is 71.9 cm³/mol. The Hall–Kier alpha value is -0.490. The molecule has 0 bridgehead atoms. The van der Waals surface area contributed by atoms with E-state index in [4.69, 9.17) is 0 Å². The first-order valence-electron chi connectivity index (χ1n) is 6.81. The molecule has 1 saturated heterocycles. The van der Waals surface area contributed by atoms with Crippen molar-refractivity contribution in [1.29, 1.82) is 5.26 Å². The molecular formula is C14H22NOS+. The number of nitrogens with zero attached hydrogens (tertiary/aromatic N) is 1. The summed E-state index contributed by atoms with van der Waals surface area (Å²) in [6.07, 6.45) is 8.06. The third-order valence-electron chi connectivity index (χ3n) is 4.27. The maximum atomic E-state index is 12.6. The van der Waals surface area contributed by atoms with Gasteiger partial charge >= 0.3 is 0 Å². The van der Waals surface area contributed by atoms with Crippen LogP contribution in [0.5, 0.6) is 0 Å². The van der Waals surface area contributed by atoms with Crippen LogP contribution in [0, 0.1) is 17.2 Å². The molecule has 0 radical (unpaired) electrons. The average molecular weight is 252 g/mol. The van der Waals surface area contributed by atoms with Crippen LogP contribution in [-0.2, 0) is 15.7 Å². The molecule has 0 spiro atoms. The molecule has 17 heavy (non-hydrogen) atoms. The fourth-order valence-electron chi connectivity index (χ4n) is 3.08. The Morgan fingerprint density at radius 3 is 2.29 bits per heavy atom. The van der Waals surface area contributed by atoms with E-state index in [1.807, 2.05) is 6.92 Å². The first kappa shape index (κ1) is 13.0. The highest BCUT2D eigenvalue weighted by Gasteiger charge is 2.53. The lowest BCUT2D eigenvalue weighted by atomic mass is 9.82. The van der Waals surface area contributed by atoms with Gasteiger partial charge in [-0.3, -0.25) is 4.79 Å². The van der Waals surface area contributed by atoms with Gasteiger partial charge < -0.3 is 0 Å². The van der Waals surface area contributed by atoms with E-state index >= 15 is 0 Å². The summed E-state index contributed by atoms with van der Waals surface area (Å²) >= 11 is 0. The van der Waals surface area contributed by atoms with Crippen molar-refractivity contribution in [2.75, 3.05) is 11.5 Å². The van der Waals surface area contributed by atoms with E-state index in [-0.39, 0.29) is 22.6 Å². The quantitative estimate of drug-likeness (QED) is 0.725. The normalized spacial score (nSPS) is 26.4. The monoisotopic (exact) mass is 252 g/mol. The van der Waals surface area contributed by atoms with Crippen LogP contribution in [0.1, 0.15) is 51.9 Å². The van der Waals surface area contributed by atoms with E-state index in [0.717, 1.165) is 24.3 Å². The third-order valence-corrected chi connectivity index (χ3v) is 7.28. The van der Waals surface area contributed by atoms with Crippen molar-refractivity contribution in [2.45, 2.75) is 56.6 Å². The minimum atomic E-state index is -0.668. The van der Waals surface area contributed by atoms with E-state index in [9.17, 15) is 10.1 Å². The van der Waals surface area contributed by atoms with Crippen LogP contribution in [0.25, 0.3) is 0 Å². The number of carbonyl (C=O) groups excluding carboxylic acids is 1. The van der Waals surface area contributed by atoms with Gasteiger partial charge in [0, 0.05) is 23.7 Å². The summed E-state index contributed by atoms with van der Waals surface area (Å²) < 4.78 is -0.668. The van der Waals surface area contributed by atoms with Gasteiger partial charge in [0.1, 0.15) is 17.6 Å². The van der Waals surface area contributed by atoms with Gasteiger partial charge in [0.05, 0.1) is 0 Å². The van der Waals surface area contributed by atoms with E-state index < -0.39 is 4.75 Å². The van der Waals surface area contributed by atoms with Gasteiger partial charge in [0.25, 0.3) is 4.75 Å². The number of nitriles is 1. The van der Waals surface area contributed by atoms with Gasteiger partial charge in [-0.1, -0.05) is 19.3 Å². The Morgan fingerprint density at radius 2 is 1.76 bits per heavy atom. The van der Waals surface area contributed by atoms with E-state index in [1.165, 1.54) is 32.1 Å². The number of carbonyl (C=O) groups is 1. The Kier molecular flexibility index (Phi) is 4.14. The van der Waals surface area contributed by atoms with Crippen LogP contribution in [0.2, 0.25) is 0 Å². The van der Waals surface area contributed by atoms with Gasteiger partial charge in [0.15, 0.2) is 0 Å². The molecule has 94 valence electrons. The highest BCUT2D eigenvalue weighted by Crippen LogP contribution is 2.34. The summed E-state index contributed by atoms with van der Waals surface area (Å²) in [5.41, 5.74) is 0. The summed E-state index contributed by atoms with van der Waals surface area (Å²) in [7, 11) is 0.0269. The first-order valence-corrected chi connectivity index (χ1v) is 8.38. The maximum Gasteiger partial charge on any atom is 0.267 e. The van der Waals surface area contributed by atoms with E-state index in [2.05, 4.69) is 6.07 Å². The van der Waals surface area contributed by atoms with Gasteiger partial charge in [0.2, 0.25) is 5.78 Å². The minimum Gasteiger partial charge on any atom is -0.292 e. The predicted octanol–water partition coefficient (Wildman–Crippen LogP) is 2.83. The number of hydrogen-bond donors (Lipinski definition) is 0. The Morgan fingerprint density at radius 1 is 1.18 bits per heavy atom. The van der Waals surface area contributed by atoms with E-state index in [1.54, 1.807) is 0 Å². The zero-order valence-corrected chi connectivity index (χ0v) is 11.5. The molecule has 2 aliphatic rings. The van der Waals surface area contributed by atoms with Crippen molar-refractivity contribution in [3.63, 3.8) is 0 Å². The summed E-state index contributed by atoms with van der Waals surface area (Å²) in [4.78, 5) is 12.6. The Labute approximate surface area is 107 Å². The highest BCUT2D eigenvalue weighted by molar-refractivity contribution is 7.99. The zero-order chi connectivity index (χ0) is 12.3. The maximum absolute atomic E-state index is 12.6. The molecule has 0 amide bonds. The molecule has 2 rings (SSSR count). The molecular weight excluding hydrogens is 230 g/mol. The molecule has 1 atom stereocenters. The van der Waals surface area contributed by atoms with Crippen LogP contribution in [0.3, 0.4) is 0 Å². The zero-order valence-electron chi connectivity index (χ0n) is 10.7. The number of Topliss-reactive ketones (excluding diaryl/α,β-unsaturated/α-hetero) is 1. The van der Waals surface area contributed by atoms with Gasteiger partial charge in [-0.25, -0.2) is 0 Å². The van der Waals surface area contributed by atoms with Crippen molar-refractivity contribution in [2.24, 2.45) is 5.92 Å². The molecule has 0 aromatic heterocycles. The lowest BCUT2D eigenvalue weighted by molar-refractivity contribution is -0.124. The molecule has 2 fully saturated rings. The second kappa shape index (κ2) is 5.44. The molecule has 0 aromatic rings. The van der Waals surface area contributed by atoms with Crippen LogP contribution in [-0.4, -0.2) is 22.0 Å². The lowest BCUT2D eigenvalue weighted by Gasteiger charge is -2.26. The molecule has 3 heteroatoms. The largest absolute Gasteiger partial charge is 0.292 e. The molecule has 2 nitrogen and oxygen atoms in total.